The van der Waals surface area contributed by atoms with Gasteiger partial charge in [0.05, 0.1) is 10.6 Å². The van der Waals surface area contributed by atoms with E-state index in [2.05, 4.69) is 16.0 Å². The Hall–Kier alpha value is -2.33. The van der Waals surface area contributed by atoms with Crippen LogP contribution in [0.3, 0.4) is 0 Å². The number of phenols is 1. The molecule has 0 unspecified atom stereocenters. The zero-order valence-corrected chi connectivity index (χ0v) is 16.9. The van der Waals surface area contributed by atoms with Crippen LogP contribution < -0.4 is 16.0 Å². The smallest absolute Gasteiger partial charge is 0.270 e. The van der Waals surface area contributed by atoms with Crippen molar-refractivity contribution >= 4 is 69.4 Å². The largest absolute Gasteiger partial charge is 0.506 e. The number of para-hydroxylation sites is 2. The third kappa shape index (κ3) is 6.10. The minimum atomic E-state index is -2.01. The molecule has 1 amide bonds. The monoisotopic (exact) mass is 462 g/mol. The first-order valence-electron chi connectivity index (χ1n) is 7.55. The molecule has 2 aromatic rings. The number of phenolic OH excluding ortho intramolecular Hbond substituents is 1. The van der Waals surface area contributed by atoms with Gasteiger partial charge < -0.3 is 21.1 Å². The fraction of sp³-hybridized carbons (Fsp3) is 0.125. The van der Waals surface area contributed by atoms with Crippen LogP contribution in [-0.2, 0) is 0 Å². The summed E-state index contributed by atoms with van der Waals surface area (Å²) in [6.07, 6.45) is -1.28. The van der Waals surface area contributed by atoms with Gasteiger partial charge in [-0.3, -0.25) is 14.9 Å². The van der Waals surface area contributed by atoms with Crippen molar-refractivity contribution in [1.29, 1.82) is 0 Å². The molecule has 0 saturated carbocycles. The summed E-state index contributed by atoms with van der Waals surface area (Å²) in [5, 5.41) is 28.3. The summed E-state index contributed by atoms with van der Waals surface area (Å²) in [4.78, 5) is 22.6. The van der Waals surface area contributed by atoms with E-state index in [0.29, 0.717) is 5.69 Å². The molecule has 0 aliphatic heterocycles. The standard InChI is InChI=1S/C16H13Cl3N4O4S/c17-16(18,19)14(22-15(28)20-11-6-1-2-7-12(11)24)21-13(25)9-4-3-5-10(8-9)23(26)27/h1-8,14,24H,(H,21,25)(H2,20,22,28)/t14-/m0/s1. The van der Waals surface area contributed by atoms with Crippen molar-refractivity contribution in [3.05, 3.63) is 64.2 Å². The number of benzene rings is 2. The molecule has 4 N–H and O–H groups in total. The van der Waals surface area contributed by atoms with Gasteiger partial charge in [0, 0.05) is 17.7 Å². The summed E-state index contributed by atoms with van der Waals surface area (Å²) in [6.45, 7) is 0. The summed E-state index contributed by atoms with van der Waals surface area (Å²) in [5.74, 6) is -0.782. The molecule has 0 spiro atoms. The minimum absolute atomic E-state index is 0.00479. The molecule has 12 heteroatoms. The number of carbonyl (C=O) groups excluding carboxylic acids is 1. The van der Waals surface area contributed by atoms with Gasteiger partial charge in [0.25, 0.3) is 11.6 Å². The molecule has 0 heterocycles. The van der Waals surface area contributed by atoms with Crippen LogP contribution in [0.15, 0.2) is 48.5 Å². The van der Waals surface area contributed by atoms with Crippen molar-refractivity contribution in [2.75, 3.05) is 5.32 Å². The Labute approximate surface area is 179 Å². The van der Waals surface area contributed by atoms with Crippen molar-refractivity contribution in [2.45, 2.75) is 9.96 Å². The molecule has 148 valence electrons. The number of aromatic hydroxyl groups is 1. The van der Waals surface area contributed by atoms with Gasteiger partial charge in [0.15, 0.2) is 5.11 Å². The Bertz CT molecular complexity index is 907. The SMILES string of the molecule is O=C(N[C@@H](NC(=S)Nc1ccccc1O)C(Cl)(Cl)Cl)c1cccc([N+](=O)[O-])c1. The first-order chi connectivity index (χ1) is 13.1. The zero-order valence-electron chi connectivity index (χ0n) is 13.9. The van der Waals surface area contributed by atoms with E-state index in [0.717, 1.165) is 6.07 Å². The molecule has 0 aliphatic carbocycles. The quantitative estimate of drug-likeness (QED) is 0.133. The lowest BCUT2D eigenvalue weighted by Gasteiger charge is -2.27. The number of rotatable bonds is 5. The van der Waals surface area contributed by atoms with E-state index in [9.17, 15) is 20.0 Å². The number of nitro groups is 1. The molecule has 0 aromatic heterocycles. The summed E-state index contributed by atoms with van der Waals surface area (Å²) in [5.41, 5.74) is 0.0330. The van der Waals surface area contributed by atoms with Crippen molar-refractivity contribution in [3.8, 4) is 5.75 Å². The number of nitrogens with one attached hydrogen (secondary N) is 3. The van der Waals surface area contributed by atoms with E-state index in [1.807, 2.05) is 0 Å². The number of hydrogen-bond donors (Lipinski definition) is 4. The topological polar surface area (TPSA) is 117 Å². The Kier molecular flexibility index (Phi) is 7.25. The highest BCUT2D eigenvalue weighted by Gasteiger charge is 2.35. The number of thiocarbonyl (C=S) groups is 1. The van der Waals surface area contributed by atoms with Gasteiger partial charge in [-0.05, 0) is 30.4 Å². The number of anilines is 1. The third-order valence-corrected chi connectivity index (χ3v) is 4.22. The molecule has 2 rings (SSSR count). The average Bonchev–Trinajstić information content (AvgIpc) is 2.62. The average molecular weight is 464 g/mol. The molecule has 0 radical (unpaired) electrons. The Balaban J connectivity index is 2.12. The Morgan fingerprint density at radius 2 is 1.82 bits per heavy atom. The highest BCUT2D eigenvalue weighted by Crippen LogP contribution is 2.30. The molecule has 0 saturated heterocycles. The molecular weight excluding hydrogens is 451 g/mol. The van der Waals surface area contributed by atoms with E-state index >= 15 is 0 Å². The number of carbonyl (C=O) groups is 1. The van der Waals surface area contributed by atoms with Crippen LogP contribution in [0.25, 0.3) is 0 Å². The molecule has 0 bridgehead atoms. The van der Waals surface area contributed by atoms with Crippen LogP contribution in [0.1, 0.15) is 10.4 Å². The van der Waals surface area contributed by atoms with E-state index in [1.54, 1.807) is 18.2 Å². The molecular formula is C16H13Cl3N4O4S. The van der Waals surface area contributed by atoms with Crippen LogP contribution in [0.5, 0.6) is 5.75 Å². The van der Waals surface area contributed by atoms with E-state index < -0.39 is 20.8 Å². The number of alkyl halides is 3. The fourth-order valence-corrected chi connectivity index (χ4v) is 2.60. The Morgan fingerprint density at radius 1 is 1.14 bits per heavy atom. The van der Waals surface area contributed by atoms with Gasteiger partial charge in [-0.2, -0.15) is 0 Å². The summed E-state index contributed by atoms with van der Waals surface area (Å²) < 4.78 is -2.01. The minimum Gasteiger partial charge on any atom is -0.506 e. The molecule has 0 fully saturated rings. The second-order valence-corrected chi connectivity index (χ2v) is 8.15. The first-order valence-corrected chi connectivity index (χ1v) is 9.09. The second kappa shape index (κ2) is 9.24. The molecule has 1 atom stereocenters. The van der Waals surface area contributed by atoms with Gasteiger partial charge in [-0.15, -0.1) is 0 Å². The highest BCUT2D eigenvalue weighted by atomic mass is 35.6. The van der Waals surface area contributed by atoms with Crippen LogP contribution in [0.2, 0.25) is 0 Å². The van der Waals surface area contributed by atoms with Crippen LogP contribution in [-0.4, -0.2) is 31.0 Å². The fourth-order valence-electron chi connectivity index (χ4n) is 2.04. The molecule has 2 aromatic carbocycles. The number of amides is 1. The molecule has 0 aliphatic rings. The maximum absolute atomic E-state index is 12.4. The lowest BCUT2D eigenvalue weighted by atomic mass is 10.2. The van der Waals surface area contributed by atoms with Gasteiger partial charge in [-0.25, -0.2) is 0 Å². The van der Waals surface area contributed by atoms with Gasteiger partial charge >= 0.3 is 0 Å². The molecule has 8 nitrogen and oxygen atoms in total. The van der Waals surface area contributed by atoms with Crippen molar-refractivity contribution in [2.24, 2.45) is 0 Å². The lowest BCUT2D eigenvalue weighted by Crippen LogP contribution is -2.56. The maximum Gasteiger partial charge on any atom is 0.270 e. The summed E-state index contributed by atoms with van der Waals surface area (Å²) >= 11 is 22.8. The van der Waals surface area contributed by atoms with E-state index in [-0.39, 0.29) is 22.1 Å². The van der Waals surface area contributed by atoms with Crippen molar-refractivity contribution in [3.63, 3.8) is 0 Å². The predicted molar refractivity (Wildman–Crippen MR) is 112 cm³/mol. The van der Waals surface area contributed by atoms with Gasteiger partial charge in [0.1, 0.15) is 11.9 Å². The van der Waals surface area contributed by atoms with E-state index in [1.165, 1.54) is 24.3 Å². The first kappa shape index (κ1) is 22.0. The Morgan fingerprint density at radius 3 is 2.43 bits per heavy atom. The number of nitro benzene ring substituents is 1. The normalized spacial score (nSPS) is 12.0. The lowest BCUT2D eigenvalue weighted by molar-refractivity contribution is -0.384. The van der Waals surface area contributed by atoms with Crippen LogP contribution >= 0.6 is 47.0 Å². The number of nitrogens with zero attached hydrogens (tertiary/aromatic N) is 1. The molecule has 28 heavy (non-hydrogen) atoms. The number of non-ortho nitro benzene ring substituents is 1. The third-order valence-electron chi connectivity index (χ3n) is 3.35. The van der Waals surface area contributed by atoms with Crippen LogP contribution in [0.4, 0.5) is 11.4 Å². The van der Waals surface area contributed by atoms with Crippen LogP contribution in [0, 0.1) is 10.1 Å². The number of halogens is 3. The number of hydrogen-bond acceptors (Lipinski definition) is 5. The predicted octanol–water partition coefficient (Wildman–Crippen LogP) is 3.71. The van der Waals surface area contributed by atoms with Gasteiger partial charge in [0.2, 0.25) is 3.79 Å². The summed E-state index contributed by atoms with van der Waals surface area (Å²) in [7, 11) is 0. The van der Waals surface area contributed by atoms with Gasteiger partial charge in [-0.1, -0.05) is 53.0 Å². The van der Waals surface area contributed by atoms with Crippen molar-refractivity contribution in [1.82, 2.24) is 10.6 Å². The highest BCUT2D eigenvalue weighted by molar-refractivity contribution is 7.80. The zero-order chi connectivity index (χ0) is 20.9. The second-order valence-electron chi connectivity index (χ2n) is 5.37. The maximum atomic E-state index is 12.4. The summed E-state index contributed by atoms with van der Waals surface area (Å²) in [6, 6.07) is 11.4. The van der Waals surface area contributed by atoms with E-state index in [4.69, 9.17) is 47.0 Å². The van der Waals surface area contributed by atoms with Crippen molar-refractivity contribution < 1.29 is 14.8 Å².